The summed E-state index contributed by atoms with van der Waals surface area (Å²) in [5, 5.41) is 8.18. The second-order valence-electron chi connectivity index (χ2n) is 5.23. The number of nitrogens with zero attached hydrogens (tertiary/aromatic N) is 3. The molecule has 2 rings (SSSR count). The molecule has 1 aromatic heterocycles. The van der Waals surface area contributed by atoms with E-state index in [2.05, 4.69) is 33.1 Å². The molecule has 0 N–H and O–H groups in total. The highest BCUT2D eigenvalue weighted by Crippen LogP contribution is 2.25. The summed E-state index contributed by atoms with van der Waals surface area (Å²) in [7, 11) is 0. The van der Waals surface area contributed by atoms with Crippen LogP contribution in [-0.4, -0.2) is 38.9 Å². The number of piperidine rings is 1. The molecule has 0 aliphatic carbocycles. The van der Waals surface area contributed by atoms with Crippen LogP contribution in [0.5, 0.6) is 0 Å². The number of aromatic nitrogens is 2. The van der Waals surface area contributed by atoms with Crippen LogP contribution < -0.4 is 0 Å². The van der Waals surface area contributed by atoms with E-state index in [4.69, 9.17) is 0 Å². The van der Waals surface area contributed by atoms with Crippen LogP contribution in [0.1, 0.15) is 42.0 Å². The van der Waals surface area contributed by atoms with Gasteiger partial charge in [0.1, 0.15) is 0 Å². The summed E-state index contributed by atoms with van der Waals surface area (Å²) in [6.45, 7) is 7.67. The zero-order valence-electron chi connectivity index (χ0n) is 11.7. The van der Waals surface area contributed by atoms with E-state index in [1.165, 1.54) is 0 Å². The largest absolute Gasteiger partial charge is 0.338 e. The number of amides is 1. The highest BCUT2D eigenvalue weighted by atomic mass is 79.9. The lowest BCUT2D eigenvalue weighted by Crippen LogP contribution is -2.43. The van der Waals surface area contributed by atoms with Gasteiger partial charge in [-0.3, -0.25) is 4.79 Å². The number of hydrogen-bond donors (Lipinski definition) is 0. The summed E-state index contributed by atoms with van der Waals surface area (Å²) in [6, 6.07) is 1.86. The van der Waals surface area contributed by atoms with E-state index in [1.807, 2.05) is 24.8 Å². The summed E-state index contributed by atoms with van der Waals surface area (Å²) in [4.78, 5) is 15.1. The quantitative estimate of drug-likeness (QED) is 0.785. The molecule has 104 valence electrons. The standard InChI is InChI=1S/C14H20BrN3O/c1-4-13-11(7-10(3)16-17-13)14(19)18-6-5-12(15)9(2)8-18/h7,9,12H,4-6,8H2,1-3H3. The predicted octanol–water partition coefficient (Wildman–Crippen LogP) is 2.59. The number of carbonyl (C=O) groups is 1. The van der Waals surface area contributed by atoms with Gasteiger partial charge < -0.3 is 4.90 Å². The maximum absolute atomic E-state index is 12.6. The Morgan fingerprint density at radius 2 is 2.26 bits per heavy atom. The average molecular weight is 326 g/mol. The maximum atomic E-state index is 12.6. The molecule has 1 saturated heterocycles. The van der Waals surface area contributed by atoms with Crippen LogP contribution in [0, 0.1) is 12.8 Å². The number of halogens is 1. The molecular formula is C14H20BrN3O. The molecule has 1 aliphatic heterocycles. The predicted molar refractivity (Wildman–Crippen MR) is 78.5 cm³/mol. The summed E-state index contributed by atoms with van der Waals surface area (Å²) in [6.07, 6.45) is 1.74. The molecule has 5 heteroatoms. The Balaban J connectivity index is 2.22. The van der Waals surface area contributed by atoms with E-state index in [9.17, 15) is 4.79 Å². The number of rotatable bonds is 2. The van der Waals surface area contributed by atoms with Gasteiger partial charge >= 0.3 is 0 Å². The van der Waals surface area contributed by atoms with E-state index >= 15 is 0 Å². The second kappa shape index (κ2) is 5.99. The van der Waals surface area contributed by atoms with Gasteiger partial charge in [0.15, 0.2) is 0 Å². The minimum absolute atomic E-state index is 0.0982. The van der Waals surface area contributed by atoms with Crippen molar-refractivity contribution < 1.29 is 4.79 Å². The molecule has 2 heterocycles. The van der Waals surface area contributed by atoms with E-state index in [-0.39, 0.29) is 5.91 Å². The number of carbonyl (C=O) groups excluding carboxylic acids is 1. The molecule has 2 unspecified atom stereocenters. The maximum Gasteiger partial charge on any atom is 0.255 e. The highest BCUT2D eigenvalue weighted by Gasteiger charge is 2.28. The first-order valence-corrected chi connectivity index (χ1v) is 7.71. The molecule has 2 atom stereocenters. The molecule has 0 saturated carbocycles. The summed E-state index contributed by atoms with van der Waals surface area (Å²) >= 11 is 3.67. The van der Waals surface area contributed by atoms with Crippen molar-refractivity contribution in [2.24, 2.45) is 5.92 Å². The fourth-order valence-electron chi connectivity index (χ4n) is 2.43. The van der Waals surface area contributed by atoms with Gasteiger partial charge in [-0.05, 0) is 31.7 Å². The van der Waals surface area contributed by atoms with E-state index in [0.29, 0.717) is 10.7 Å². The lowest BCUT2D eigenvalue weighted by Gasteiger charge is -2.34. The van der Waals surface area contributed by atoms with Gasteiger partial charge in [0.25, 0.3) is 5.91 Å². The smallest absolute Gasteiger partial charge is 0.255 e. The summed E-state index contributed by atoms with van der Waals surface area (Å²) in [5.41, 5.74) is 2.31. The molecule has 19 heavy (non-hydrogen) atoms. The molecule has 4 nitrogen and oxygen atoms in total. The first-order valence-electron chi connectivity index (χ1n) is 6.79. The summed E-state index contributed by atoms with van der Waals surface area (Å²) in [5.74, 6) is 0.583. The van der Waals surface area contributed by atoms with Crippen molar-refractivity contribution in [1.82, 2.24) is 15.1 Å². The number of alkyl halides is 1. The third kappa shape index (κ3) is 3.14. The molecule has 1 fully saturated rings. The van der Waals surface area contributed by atoms with Crippen LogP contribution in [0.15, 0.2) is 6.07 Å². The van der Waals surface area contributed by atoms with E-state index < -0.39 is 0 Å². The minimum Gasteiger partial charge on any atom is -0.338 e. The molecule has 1 aromatic rings. The van der Waals surface area contributed by atoms with Crippen LogP contribution in [0.4, 0.5) is 0 Å². The van der Waals surface area contributed by atoms with Gasteiger partial charge in [-0.15, -0.1) is 0 Å². The van der Waals surface area contributed by atoms with Crippen LogP contribution in [-0.2, 0) is 6.42 Å². The molecule has 1 aliphatic rings. The van der Waals surface area contributed by atoms with Gasteiger partial charge in [-0.25, -0.2) is 0 Å². The number of aryl methyl sites for hydroxylation is 2. The van der Waals surface area contributed by atoms with Crippen LogP contribution >= 0.6 is 15.9 Å². The van der Waals surface area contributed by atoms with Crippen molar-refractivity contribution in [2.75, 3.05) is 13.1 Å². The van der Waals surface area contributed by atoms with Gasteiger partial charge in [0, 0.05) is 17.9 Å². The second-order valence-corrected chi connectivity index (χ2v) is 6.41. The molecule has 1 amide bonds. The Hall–Kier alpha value is -0.970. The van der Waals surface area contributed by atoms with Crippen molar-refractivity contribution in [3.05, 3.63) is 23.0 Å². The molecule has 0 radical (unpaired) electrons. The SMILES string of the molecule is CCc1nnc(C)cc1C(=O)N1CCC(Br)C(C)C1. The van der Waals surface area contributed by atoms with Gasteiger partial charge in [0.2, 0.25) is 0 Å². The van der Waals surface area contributed by atoms with E-state index in [1.54, 1.807) is 0 Å². The van der Waals surface area contributed by atoms with Gasteiger partial charge in [0.05, 0.1) is 17.0 Å². The number of hydrogen-bond acceptors (Lipinski definition) is 3. The first-order chi connectivity index (χ1) is 9.02. The van der Waals surface area contributed by atoms with Crippen molar-refractivity contribution >= 4 is 21.8 Å². The number of likely N-dealkylation sites (tertiary alicyclic amines) is 1. The van der Waals surface area contributed by atoms with E-state index in [0.717, 1.165) is 42.9 Å². The Morgan fingerprint density at radius 1 is 1.53 bits per heavy atom. The molecule has 0 bridgehead atoms. The van der Waals surface area contributed by atoms with Crippen molar-refractivity contribution in [1.29, 1.82) is 0 Å². The Kier molecular flexibility index (Phi) is 4.55. The van der Waals surface area contributed by atoms with Crippen molar-refractivity contribution in [3.8, 4) is 0 Å². The topological polar surface area (TPSA) is 46.1 Å². The molecule has 0 aromatic carbocycles. The highest BCUT2D eigenvalue weighted by molar-refractivity contribution is 9.09. The van der Waals surface area contributed by atoms with Crippen molar-refractivity contribution in [3.63, 3.8) is 0 Å². The van der Waals surface area contributed by atoms with Crippen LogP contribution in [0.25, 0.3) is 0 Å². The summed E-state index contributed by atoms with van der Waals surface area (Å²) < 4.78 is 0. The Labute approximate surface area is 122 Å². The lowest BCUT2D eigenvalue weighted by atomic mass is 9.99. The fraction of sp³-hybridized carbons (Fsp3) is 0.643. The average Bonchev–Trinajstić information content (AvgIpc) is 2.41. The first kappa shape index (κ1) is 14.4. The zero-order chi connectivity index (χ0) is 14.0. The van der Waals surface area contributed by atoms with Crippen molar-refractivity contribution in [2.45, 2.75) is 38.4 Å². The normalized spacial score (nSPS) is 23.5. The monoisotopic (exact) mass is 325 g/mol. The Bertz CT molecular complexity index is 478. The zero-order valence-corrected chi connectivity index (χ0v) is 13.3. The van der Waals surface area contributed by atoms with Crippen LogP contribution in [0.2, 0.25) is 0 Å². The molecule has 0 spiro atoms. The fourth-order valence-corrected chi connectivity index (χ4v) is 2.80. The third-order valence-electron chi connectivity index (χ3n) is 3.65. The third-order valence-corrected chi connectivity index (χ3v) is 5.01. The lowest BCUT2D eigenvalue weighted by molar-refractivity contribution is 0.0688. The molecular weight excluding hydrogens is 306 g/mol. The minimum atomic E-state index is 0.0982. The Morgan fingerprint density at radius 3 is 2.89 bits per heavy atom. The van der Waals surface area contributed by atoms with Gasteiger partial charge in [-0.1, -0.05) is 29.8 Å². The van der Waals surface area contributed by atoms with Crippen LogP contribution in [0.3, 0.4) is 0 Å². The van der Waals surface area contributed by atoms with Gasteiger partial charge in [-0.2, -0.15) is 10.2 Å².